The molecule has 5 aromatic rings. The molecule has 3 heterocycles. The van der Waals surface area contributed by atoms with E-state index in [0.29, 0.717) is 46.2 Å². The number of allylic oxidation sites excluding steroid dienone is 5. The number of nitrogens with zero attached hydrogens (tertiary/aromatic N) is 2. The minimum absolute atomic E-state index is 0.00923. The normalized spacial score (nSPS) is 16.7. The molecular formula is C55H49N2O5OsP+. The van der Waals surface area contributed by atoms with Crippen LogP contribution in [0, 0.1) is 28.0 Å². The Labute approximate surface area is 386 Å². The second-order valence-electron chi connectivity index (χ2n) is 17.0. The molecule has 0 spiro atoms. The van der Waals surface area contributed by atoms with Crippen molar-refractivity contribution in [3.05, 3.63) is 177 Å². The Hall–Kier alpha value is -6.03. The summed E-state index contributed by atoms with van der Waals surface area (Å²) in [5.41, 5.74) is 4.57. The third-order valence-electron chi connectivity index (χ3n) is 11.8. The first kappa shape index (κ1) is 44.6. The fraction of sp³-hybridized carbons (Fsp3) is 0.218. The van der Waals surface area contributed by atoms with Crippen molar-refractivity contribution in [3.8, 4) is 16.2 Å². The molecule has 0 unspecified atom stereocenters. The molecule has 0 aliphatic carbocycles. The Kier molecular flexibility index (Phi) is 12.9. The summed E-state index contributed by atoms with van der Waals surface area (Å²) in [7, 11) is -2.75. The van der Waals surface area contributed by atoms with Crippen LogP contribution in [0.3, 0.4) is 0 Å². The van der Waals surface area contributed by atoms with Crippen LogP contribution in [0.2, 0.25) is 0 Å². The second kappa shape index (κ2) is 18.6. The number of imide groups is 2. The van der Waals surface area contributed by atoms with E-state index in [2.05, 4.69) is 101 Å². The molecule has 5 aromatic carbocycles. The molecule has 4 amide bonds. The molecule has 8 rings (SSSR count). The van der Waals surface area contributed by atoms with Crippen molar-refractivity contribution in [2.24, 2.45) is 11.8 Å². The molecule has 0 bridgehead atoms. The van der Waals surface area contributed by atoms with Crippen molar-refractivity contribution in [2.75, 3.05) is 26.3 Å². The number of hydrogen-bond acceptors (Lipinski definition) is 5. The molecule has 3 aliphatic rings. The summed E-state index contributed by atoms with van der Waals surface area (Å²) in [5.74, 6) is 5.15. The van der Waals surface area contributed by atoms with Gasteiger partial charge in [0, 0.05) is 0 Å². The topological polar surface area (TPSA) is 84.0 Å². The fourth-order valence-corrected chi connectivity index (χ4v) is 14.8. The molecule has 1 fully saturated rings. The van der Waals surface area contributed by atoms with Gasteiger partial charge in [0.15, 0.2) is 0 Å². The number of carbonyl (C=O) groups is 4. The van der Waals surface area contributed by atoms with Gasteiger partial charge in [-0.2, -0.15) is 0 Å². The van der Waals surface area contributed by atoms with E-state index in [1.165, 1.54) is 9.80 Å². The monoisotopic (exact) mass is 1040 g/mol. The van der Waals surface area contributed by atoms with Gasteiger partial charge in [-0.25, -0.2) is 0 Å². The van der Waals surface area contributed by atoms with Crippen LogP contribution in [0.5, 0.6) is 0 Å². The second-order valence-corrected chi connectivity index (χ2v) is 20.9. The fourth-order valence-electron chi connectivity index (χ4n) is 9.07. The molecule has 0 aromatic heterocycles. The number of carbonyl (C=O) groups excluding carboxylic acids is 4. The van der Waals surface area contributed by atoms with Crippen molar-refractivity contribution in [1.29, 1.82) is 0 Å². The molecule has 64 heavy (non-hydrogen) atoms. The number of amides is 4. The van der Waals surface area contributed by atoms with Crippen LogP contribution in [0.25, 0.3) is 16.8 Å². The van der Waals surface area contributed by atoms with Crippen molar-refractivity contribution < 1.29 is 41.9 Å². The van der Waals surface area contributed by atoms with Crippen molar-refractivity contribution >= 4 is 63.7 Å². The van der Waals surface area contributed by atoms with Crippen LogP contribution < -0.4 is 15.9 Å². The molecular weight excluding hydrogens is 990 g/mol. The van der Waals surface area contributed by atoms with E-state index in [1.54, 1.807) is 36.2 Å². The Morgan fingerprint density at radius 3 is 1.66 bits per heavy atom. The predicted octanol–water partition coefficient (Wildman–Crippen LogP) is 9.39. The van der Waals surface area contributed by atoms with Crippen LogP contribution in [0.15, 0.2) is 143 Å². The van der Waals surface area contributed by atoms with Gasteiger partial charge in [-0.15, -0.1) is 0 Å². The predicted molar refractivity (Wildman–Crippen MR) is 255 cm³/mol. The van der Waals surface area contributed by atoms with E-state index in [4.69, 9.17) is 4.74 Å². The maximum atomic E-state index is 15.0. The van der Waals surface area contributed by atoms with Gasteiger partial charge in [-0.3, -0.25) is 0 Å². The summed E-state index contributed by atoms with van der Waals surface area (Å²) >= 11 is 1.66. The number of hydrogen-bond donors (Lipinski definition) is 0. The zero-order chi connectivity index (χ0) is 45.3. The third kappa shape index (κ3) is 7.72. The van der Waals surface area contributed by atoms with Crippen LogP contribution in [0.1, 0.15) is 94.1 Å². The van der Waals surface area contributed by atoms with Crippen molar-refractivity contribution in [1.82, 2.24) is 9.80 Å². The summed E-state index contributed by atoms with van der Waals surface area (Å²) in [6, 6.07) is 34.9. The van der Waals surface area contributed by atoms with Gasteiger partial charge in [0.25, 0.3) is 0 Å². The zero-order valence-electron chi connectivity index (χ0n) is 36.8. The van der Waals surface area contributed by atoms with Gasteiger partial charge in [0.1, 0.15) is 0 Å². The zero-order valence-corrected chi connectivity index (χ0v) is 40.3. The molecule has 1 saturated heterocycles. The SMILES string of the molecule is CC=C1COCC1=CC(C#Cc1cc2c3c(c(/C=C/C)cc4c3c1C(=O)N(CC(C)C)C4=O)C(=O)N(CC(C)C)C2=O)=C([C]#[Os])[P+](c1ccccc1)(c1ccccc1)c1ccccc1. The van der Waals surface area contributed by atoms with Crippen LogP contribution in [0.4, 0.5) is 0 Å². The molecule has 9 heteroatoms. The molecule has 0 atom stereocenters. The first-order chi connectivity index (χ1) is 31.0. The van der Waals surface area contributed by atoms with E-state index in [0.717, 1.165) is 32.4 Å². The minimum atomic E-state index is -2.75. The Morgan fingerprint density at radius 1 is 0.688 bits per heavy atom. The molecule has 321 valence electrons. The van der Waals surface area contributed by atoms with Crippen LogP contribution >= 0.6 is 7.26 Å². The van der Waals surface area contributed by atoms with Gasteiger partial charge in [0.05, 0.1) is 0 Å². The average molecular weight is 1040 g/mol. The Balaban J connectivity index is 1.53. The van der Waals surface area contributed by atoms with Gasteiger partial charge >= 0.3 is 361 Å². The van der Waals surface area contributed by atoms with Crippen molar-refractivity contribution in [3.63, 3.8) is 0 Å². The van der Waals surface area contributed by atoms with E-state index in [1.807, 2.05) is 65.8 Å². The summed E-state index contributed by atoms with van der Waals surface area (Å²) in [6.45, 7) is 12.9. The molecule has 0 N–H and O–H groups in total. The summed E-state index contributed by atoms with van der Waals surface area (Å²) < 4.78 is 9.73. The quantitative estimate of drug-likeness (QED) is 0.0792. The van der Waals surface area contributed by atoms with Gasteiger partial charge in [-0.05, 0) is 6.92 Å². The van der Waals surface area contributed by atoms with Crippen LogP contribution in [-0.4, -0.2) is 59.7 Å². The first-order valence-corrected chi connectivity index (χ1v) is 24.7. The van der Waals surface area contributed by atoms with E-state index >= 15 is 0 Å². The maximum absolute atomic E-state index is 15.0. The van der Waals surface area contributed by atoms with Gasteiger partial charge < -0.3 is 0 Å². The Bertz CT molecular complexity index is 2890. The first-order valence-electron chi connectivity index (χ1n) is 21.6. The number of benzene rings is 5. The summed E-state index contributed by atoms with van der Waals surface area (Å²) in [6.07, 6.45) is 7.76. The molecule has 3 aliphatic heterocycles. The van der Waals surface area contributed by atoms with Crippen molar-refractivity contribution in [2.45, 2.75) is 41.5 Å². The van der Waals surface area contributed by atoms with Crippen LogP contribution in [-0.2, 0) is 22.7 Å². The van der Waals surface area contributed by atoms with E-state index < -0.39 is 30.9 Å². The number of rotatable bonds is 10. The molecule has 7 nitrogen and oxygen atoms in total. The third-order valence-corrected chi connectivity index (χ3v) is 17.2. The summed E-state index contributed by atoms with van der Waals surface area (Å²) in [5, 5.41) is 4.87. The molecule has 0 saturated carbocycles. The molecule has 0 radical (unpaired) electrons. The average Bonchev–Trinajstić information content (AvgIpc) is 3.76. The number of ether oxygens (including phenoxy) is 1. The van der Waals surface area contributed by atoms with E-state index in [9.17, 15) is 19.2 Å². The standard InChI is InChI=1S/C55H49N2O5P.Os/c1-8-19-40-29-46-51-49(55(61)57(52(46)58)32-36(5)6)41(30-47-50(51)48(40)54(60)56(53(47)59)31-35(3)4)27-26-39(28-42-34-62-33-38(42)9-2)37(7)63(43-20-13-10-14-21-43,44-22-15-11-16-23-44)45-24-17-12-18-25-45;/h8-25,28-30,35-36H,31-34H2,1-6H3;/q+1;/b19-8+,38-9?,39-37?,42-28?;. The van der Waals surface area contributed by atoms with E-state index in [-0.39, 0.29) is 41.6 Å². The van der Waals surface area contributed by atoms with Gasteiger partial charge in [0.2, 0.25) is 0 Å². The summed E-state index contributed by atoms with van der Waals surface area (Å²) in [4.78, 5) is 61.2. The van der Waals surface area contributed by atoms with Gasteiger partial charge in [-0.1, -0.05) is 19.9 Å². The Morgan fingerprint density at radius 2 is 1.17 bits per heavy atom.